The van der Waals surface area contributed by atoms with E-state index in [1.807, 2.05) is 45.0 Å². The maximum absolute atomic E-state index is 11.7. The molecule has 0 bridgehead atoms. The predicted octanol–water partition coefficient (Wildman–Crippen LogP) is 3.29. The highest BCUT2D eigenvalue weighted by atomic mass is 32.2. The average molecular weight is 222 g/mol. The molecule has 0 heterocycles. The van der Waals surface area contributed by atoms with Gasteiger partial charge >= 0.3 is 0 Å². The second kappa shape index (κ2) is 5.26. The molecule has 2 heteroatoms. The monoisotopic (exact) mass is 222 g/mol. The van der Waals surface area contributed by atoms with E-state index in [1.54, 1.807) is 5.41 Å². The second-order valence-electron chi connectivity index (χ2n) is 4.47. The zero-order valence-corrected chi connectivity index (χ0v) is 10.4. The molecule has 82 valence electrons. The molecule has 0 radical (unpaired) electrons. The predicted molar refractivity (Wildman–Crippen MR) is 67.2 cm³/mol. The first-order valence-electron chi connectivity index (χ1n) is 5.11. The molecule has 0 spiro atoms. The van der Waals surface area contributed by atoms with E-state index in [-0.39, 0.29) is 4.75 Å². The summed E-state index contributed by atoms with van der Waals surface area (Å²) in [6.07, 6.45) is 2.83. The summed E-state index contributed by atoms with van der Waals surface area (Å²) in [6, 6.07) is 10.2. The average Bonchev–Trinajstić information content (AvgIpc) is 2.18. The van der Waals surface area contributed by atoms with E-state index in [9.17, 15) is 4.21 Å². The highest BCUT2D eigenvalue weighted by Crippen LogP contribution is 2.12. The smallest absolute Gasteiger partial charge is 0.0506 e. The molecular formula is C13H18OS. The highest BCUT2D eigenvalue weighted by Gasteiger charge is 2.15. The third kappa shape index (κ3) is 4.43. The minimum atomic E-state index is -0.892. The van der Waals surface area contributed by atoms with Gasteiger partial charge in [-0.3, -0.25) is 4.21 Å². The van der Waals surface area contributed by atoms with Gasteiger partial charge in [-0.1, -0.05) is 36.4 Å². The van der Waals surface area contributed by atoms with Crippen LogP contribution in [-0.4, -0.2) is 8.96 Å². The third-order valence-electron chi connectivity index (χ3n) is 2.02. The van der Waals surface area contributed by atoms with Gasteiger partial charge in [-0.05, 0) is 38.2 Å². The summed E-state index contributed by atoms with van der Waals surface area (Å²) in [6.45, 7) is 5.95. The van der Waals surface area contributed by atoms with Gasteiger partial charge in [0.05, 0.1) is 10.8 Å². The fraction of sp³-hybridized carbons (Fsp3) is 0.385. The largest absolute Gasteiger partial charge is 0.254 e. The first kappa shape index (κ1) is 12.2. The molecule has 0 fully saturated rings. The van der Waals surface area contributed by atoms with Crippen LogP contribution in [0.4, 0.5) is 0 Å². The quantitative estimate of drug-likeness (QED) is 0.767. The van der Waals surface area contributed by atoms with Crippen LogP contribution in [0, 0.1) is 0 Å². The Morgan fingerprint density at radius 3 is 2.33 bits per heavy atom. The van der Waals surface area contributed by atoms with Crippen LogP contribution in [0.1, 0.15) is 26.3 Å². The summed E-state index contributed by atoms with van der Waals surface area (Å²) < 4.78 is 11.5. The fourth-order valence-electron chi connectivity index (χ4n) is 1.09. The van der Waals surface area contributed by atoms with Gasteiger partial charge < -0.3 is 0 Å². The lowest BCUT2D eigenvalue weighted by atomic mass is 10.2. The minimum absolute atomic E-state index is 0.160. The lowest BCUT2D eigenvalue weighted by molar-refractivity contribution is 0.656. The molecule has 0 saturated carbocycles. The third-order valence-corrected chi connectivity index (χ3v) is 3.67. The molecule has 0 aliphatic rings. The van der Waals surface area contributed by atoms with E-state index in [2.05, 4.69) is 12.1 Å². The van der Waals surface area contributed by atoms with Gasteiger partial charge in [0.2, 0.25) is 0 Å². The summed E-state index contributed by atoms with van der Waals surface area (Å²) >= 11 is 0. The van der Waals surface area contributed by atoms with E-state index in [1.165, 1.54) is 5.56 Å². The van der Waals surface area contributed by atoms with Crippen LogP contribution in [0.5, 0.6) is 0 Å². The number of benzene rings is 1. The molecule has 1 aromatic rings. The van der Waals surface area contributed by atoms with Crippen molar-refractivity contribution in [3.8, 4) is 0 Å². The summed E-state index contributed by atoms with van der Waals surface area (Å²) in [7, 11) is -0.892. The Kier molecular flexibility index (Phi) is 4.28. The zero-order valence-electron chi connectivity index (χ0n) is 9.57. The molecule has 1 aromatic carbocycles. The van der Waals surface area contributed by atoms with Crippen molar-refractivity contribution in [2.75, 3.05) is 0 Å². The summed E-state index contributed by atoms with van der Waals surface area (Å²) in [4.78, 5) is 0. The molecule has 1 rings (SSSR count). The molecular weight excluding hydrogens is 204 g/mol. The zero-order chi connectivity index (χ0) is 11.3. The van der Waals surface area contributed by atoms with E-state index < -0.39 is 10.8 Å². The molecule has 0 aliphatic heterocycles. The van der Waals surface area contributed by atoms with Crippen LogP contribution in [-0.2, 0) is 17.2 Å². The van der Waals surface area contributed by atoms with Crippen LogP contribution in [0.2, 0.25) is 0 Å². The van der Waals surface area contributed by atoms with Crippen LogP contribution < -0.4 is 0 Å². The topological polar surface area (TPSA) is 17.1 Å². The Bertz CT molecular complexity index is 347. The van der Waals surface area contributed by atoms with Gasteiger partial charge in [0, 0.05) is 4.75 Å². The number of hydrogen-bond donors (Lipinski definition) is 0. The lowest BCUT2D eigenvalue weighted by Crippen LogP contribution is -2.19. The van der Waals surface area contributed by atoms with Crippen molar-refractivity contribution in [3.63, 3.8) is 0 Å². The molecule has 0 N–H and O–H groups in total. The Balaban J connectivity index is 2.51. The van der Waals surface area contributed by atoms with Crippen molar-refractivity contribution < 1.29 is 4.21 Å². The Labute approximate surface area is 94.7 Å². The van der Waals surface area contributed by atoms with E-state index >= 15 is 0 Å². The van der Waals surface area contributed by atoms with Crippen LogP contribution in [0.25, 0.3) is 0 Å². The summed E-state index contributed by atoms with van der Waals surface area (Å²) in [5.74, 6) is 0. The molecule has 0 aromatic heterocycles. The van der Waals surface area contributed by atoms with Gasteiger partial charge in [-0.2, -0.15) is 0 Å². The van der Waals surface area contributed by atoms with Crippen LogP contribution in [0.15, 0.2) is 41.8 Å². The van der Waals surface area contributed by atoms with Crippen LogP contribution in [0.3, 0.4) is 0 Å². The SMILES string of the molecule is CC(C)(C)[S@@](=O)/C=C/Cc1ccccc1. The van der Waals surface area contributed by atoms with E-state index in [0.29, 0.717) is 0 Å². The Morgan fingerprint density at radius 2 is 1.80 bits per heavy atom. The summed E-state index contributed by atoms with van der Waals surface area (Å²) in [5, 5.41) is 1.80. The molecule has 0 unspecified atom stereocenters. The summed E-state index contributed by atoms with van der Waals surface area (Å²) in [5.41, 5.74) is 1.25. The van der Waals surface area contributed by atoms with Gasteiger partial charge in [0.15, 0.2) is 0 Å². The Hall–Kier alpha value is -0.890. The van der Waals surface area contributed by atoms with Gasteiger partial charge in [0.1, 0.15) is 0 Å². The van der Waals surface area contributed by atoms with Gasteiger partial charge in [-0.25, -0.2) is 0 Å². The van der Waals surface area contributed by atoms with Gasteiger partial charge in [0.25, 0.3) is 0 Å². The molecule has 0 saturated heterocycles. The lowest BCUT2D eigenvalue weighted by Gasteiger charge is -2.13. The van der Waals surface area contributed by atoms with Crippen molar-refractivity contribution in [3.05, 3.63) is 47.4 Å². The number of hydrogen-bond acceptors (Lipinski definition) is 1. The molecule has 0 aliphatic carbocycles. The van der Waals surface area contributed by atoms with Crippen molar-refractivity contribution in [2.24, 2.45) is 0 Å². The van der Waals surface area contributed by atoms with Crippen molar-refractivity contribution >= 4 is 10.8 Å². The van der Waals surface area contributed by atoms with E-state index in [4.69, 9.17) is 0 Å². The first-order valence-corrected chi connectivity index (χ1v) is 6.33. The van der Waals surface area contributed by atoms with E-state index in [0.717, 1.165) is 6.42 Å². The number of rotatable bonds is 3. The molecule has 0 amide bonds. The van der Waals surface area contributed by atoms with Crippen molar-refractivity contribution in [1.29, 1.82) is 0 Å². The maximum Gasteiger partial charge on any atom is 0.0506 e. The fourth-order valence-corrected chi connectivity index (χ4v) is 1.77. The Morgan fingerprint density at radius 1 is 1.20 bits per heavy atom. The maximum atomic E-state index is 11.7. The molecule has 1 nitrogen and oxygen atoms in total. The normalized spacial score (nSPS) is 14.3. The van der Waals surface area contributed by atoms with Gasteiger partial charge in [-0.15, -0.1) is 0 Å². The standard InChI is InChI=1S/C13H18OS/c1-13(2,3)15(14)11-7-10-12-8-5-4-6-9-12/h4-9,11H,10H2,1-3H3/b11-7+/t15-/m0/s1. The highest BCUT2D eigenvalue weighted by molar-refractivity contribution is 7.89. The minimum Gasteiger partial charge on any atom is -0.254 e. The second-order valence-corrected chi connectivity index (χ2v) is 6.56. The molecule has 1 atom stereocenters. The van der Waals surface area contributed by atoms with Crippen LogP contribution >= 0.6 is 0 Å². The van der Waals surface area contributed by atoms with Crippen molar-refractivity contribution in [2.45, 2.75) is 31.9 Å². The number of allylic oxidation sites excluding steroid dienone is 1. The first-order chi connectivity index (χ1) is 7.00. The molecule has 15 heavy (non-hydrogen) atoms. The van der Waals surface area contributed by atoms with Crippen molar-refractivity contribution in [1.82, 2.24) is 0 Å².